The first-order chi connectivity index (χ1) is 12.1. The van der Waals surface area contributed by atoms with Crippen molar-refractivity contribution in [3.63, 3.8) is 0 Å². The number of rotatable bonds is 5. The maximum Gasteiger partial charge on any atom is 0.413 e. The second kappa shape index (κ2) is 7.21. The predicted molar refractivity (Wildman–Crippen MR) is 86.4 cm³/mol. The van der Waals surface area contributed by atoms with E-state index in [4.69, 9.17) is 4.74 Å². The van der Waals surface area contributed by atoms with Crippen LogP contribution in [0.4, 0.5) is 10.6 Å². The van der Waals surface area contributed by atoms with E-state index in [1.807, 2.05) is 18.2 Å². The largest absolute Gasteiger partial charge is 0.477 e. The zero-order chi connectivity index (χ0) is 17.6. The molecular formula is C16H13N5O4. The number of aromatic nitrogens is 4. The molecule has 3 rings (SSSR count). The summed E-state index contributed by atoms with van der Waals surface area (Å²) in [6.45, 7) is 0.0467. The second-order valence-corrected chi connectivity index (χ2v) is 4.86. The fourth-order valence-corrected chi connectivity index (χ4v) is 2.03. The van der Waals surface area contributed by atoms with Crippen molar-refractivity contribution in [3.05, 3.63) is 66.1 Å². The highest BCUT2D eigenvalue weighted by atomic mass is 16.5. The summed E-state index contributed by atoms with van der Waals surface area (Å²) in [5, 5.41) is 15.6. The third-order valence-electron chi connectivity index (χ3n) is 3.17. The Bertz CT molecular complexity index is 880. The third kappa shape index (κ3) is 3.78. The normalized spacial score (nSPS) is 10.2. The Balaban J connectivity index is 1.79. The van der Waals surface area contributed by atoms with Gasteiger partial charge in [-0.15, -0.1) is 0 Å². The average Bonchev–Trinajstić information content (AvgIpc) is 3.05. The van der Waals surface area contributed by atoms with E-state index in [2.05, 4.69) is 20.4 Å². The highest BCUT2D eigenvalue weighted by Gasteiger charge is 2.21. The molecule has 3 aromatic rings. The van der Waals surface area contributed by atoms with Gasteiger partial charge in [-0.25, -0.2) is 19.6 Å². The van der Waals surface area contributed by atoms with Gasteiger partial charge in [0.05, 0.1) is 6.20 Å². The average molecular weight is 339 g/mol. The Hall–Kier alpha value is -3.75. The first-order valence-corrected chi connectivity index (χ1v) is 7.21. The van der Waals surface area contributed by atoms with E-state index in [9.17, 15) is 14.7 Å². The summed E-state index contributed by atoms with van der Waals surface area (Å²) >= 11 is 0. The lowest BCUT2D eigenvalue weighted by Gasteiger charge is -2.09. The number of carboxylic acids is 1. The van der Waals surface area contributed by atoms with Gasteiger partial charge in [0.15, 0.2) is 5.82 Å². The second-order valence-electron chi connectivity index (χ2n) is 4.86. The van der Waals surface area contributed by atoms with Gasteiger partial charge in [0.1, 0.15) is 12.2 Å². The molecule has 0 bridgehead atoms. The van der Waals surface area contributed by atoms with Crippen LogP contribution in [0.3, 0.4) is 0 Å². The number of aromatic carboxylic acids is 1. The summed E-state index contributed by atoms with van der Waals surface area (Å²) in [6.07, 6.45) is 3.24. The standard InChI is InChI=1S/C16H13N5O4/c22-14(23)12-9-19-21(15-17-7-4-8-18-15)13(12)20-16(24)25-10-11-5-2-1-3-6-11/h1-9H,10H2,(H,20,24)(H,22,23). The molecule has 0 aliphatic carbocycles. The van der Waals surface area contributed by atoms with E-state index in [0.717, 1.165) is 16.4 Å². The lowest BCUT2D eigenvalue weighted by Crippen LogP contribution is -2.19. The van der Waals surface area contributed by atoms with Crippen molar-refractivity contribution < 1.29 is 19.4 Å². The molecule has 0 spiro atoms. The van der Waals surface area contributed by atoms with Crippen LogP contribution in [0.2, 0.25) is 0 Å². The van der Waals surface area contributed by atoms with E-state index >= 15 is 0 Å². The molecule has 9 nitrogen and oxygen atoms in total. The van der Waals surface area contributed by atoms with E-state index in [1.54, 1.807) is 18.2 Å². The van der Waals surface area contributed by atoms with E-state index in [-0.39, 0.29) is 23.9 Å². The Kier molecular flexibility index (Phi) is 4.65. The van der Waals surface area contributed by atoms with E-state index in [1.165, 1.54) is 12.4 Å². The van der Waals surface area contributed by atoms with Crippen LogP contribution in [0.25, 0.3) is 5.95 Å². The molecule has 0 aliphatic heterocycles. The van der Waals surface area contributed by atoms with Crippen LogP contribution in [-0.2, 0) is 11.3 Å². The molecule has 0 saturated heterocycles. The predicted octanol–water partition coefficient (Wildman–Crippen LogP) is 2.11. The van der Waals surface area contributed by atoms with Gasteiger partial charge in [-0.1, -0.05) is 30.3 Å². The molecule has 1 aromatic carbocycles. The molecule has 0 saturated carbocycles. The van der Waals surface area contributed by atoms with Crippen LogP contribution < -0.4 is 5.32 Å². The summed E-state index contributed by atoms with van der Waals surface area (Å²) in [7, 11) is 0. The van der Waals surface area contributed by atoms with Gasteiger partial charge in [0.25, 0.3) is 5.95 Å². The molecular weight excluding hydrogens is 326 g/mol. The van der Waals surface area contributed by atoms with Gasteiger partial charge < -0.3 is 9.84 Å². The third-order valence-corrected chi connectivity index (χ3v) is 3.17. The number of amides is 1. The minimum absolute atomic E-state index is 0.0467. The topological polar surface area (TPSA) is 119 Å². The molecule has 25 heavy (non-hydrogen) atoms. The summed E-state index contributed by atoms with van der Waals surface area (Å²) in [5.74, 6) is -1.22. The first kappa shape index (κ1) is 16.1. The minimum atomic E-state index is -1.25. The Labute approximate surface area is 141 Å². The summed E-state index contributed by atoms with van der Waals surface area (Å²) in [6, 6.07) is 10.7. The van der Waals surface area contributed by atoms with Gasteiger partial charge >= 0.3 is 12.1 Å². The molecule has 0 aliphatic rings. The zero-order valence-corrected chi connectivity index (χ0v) is 12.9. The van der Waals surface area contributed by atoms with Crippen LogP contribution in [-0.4, -0.2) is 36.9 Å². The van der Waals surface area contributed by atoms with Crippen molar-refractivity contribution in [2.45, 2.75) is 6.61 Å². The SMILES string of the molecule is O=C(Nc1c(C(=O)O)cnn1-c1ncccn1)OCc1ccccc1. The molecule has 126 valence electrons. The molecule has 0 radical (unpaired) electrons. The van der Waals surface area contributed by atoms with Crippen LogP contribution in [0, 0.1) is 0 Å². The number of carboxylic acid groups (broad SMARTS) is 1. The molecule has 0 atom stereocenters. The first-order valence-electron chi connectivity index (χ1n) is 7.21. The van der Waals surface area contributed by atoms with Crippen molar-refractivity contribution in [2.24, 2.45) is 0 Å². The fourth-order valence-electron chi connectivity index (χ4n) is 2.03. The summed E-state index contributed by atoms with van der Waals surface area (Å²) < 4.78 is 6.22. The number of carbonyl (C=O) groups is 2. The lowest BCUT2D eigenvalue weighted by atomic mass is 10.2. The number of nitrogens with one attached hydrogen (secondary N) is 1. The van der Waals surface area contributed by atoms with Crippen LogP contribution in [0.15, 0.2) is 55.0 Å². The number of hydrogen-bond acceptors (Lipinski definition) is 6. The molecule has 2 heterocycles. The van der Waals surface area contributed by atoms with Crippen LogP contribution in [0.5, 0.6) is 0 Å². The number of benzene rings is 1. The van der Waals surface area contributed by atoms with Gasteiger partial charge in [0.2, 0.25) is 0 Å². The molecule has 2 aromatic heterocycles. The molecule has 1 amide bonds. The van der Waals surface area contributed by atoms with Crippen molar-refractivity contribution in [1.29, 1.82) is 0 Å². The van der Waals surface area contributed by atoms with E-state index < -0.39 is 12.1 Å². The molecule has 0 unspecified atom stereocenters. The number of nitrogens with zero attached hydrogens (tertiary/aromatic N) is 4. The van der Waals surface area contributed by atoms with Gasteiger partial charge in [-0.2, -0.15) is 9.78 Å². The van der Waals surface area contributed by atoms with Gasteiger partial charge in [-0.3, -0.25) is 5.32 Å². The monoisotopic (exact) mass is 339 g/mol. The van der Waals surface area contributed by atoms with Crippen LogP contribution in [0.1, 0.15) is 15.9 Å². The number of carbonyl (C=O) groups excluding carboxylic acids is 1. The smallest absolute Gasteiger partial charge is 0.413 e. The Morgan fingerprint density at radius 2 is 1.84 bits per heavy atom. The molecule has 9 heteroatoms. The van der Waals surface area contributed by atoms with E-state index in [0.29, 0.717) is 0 Å². The fraction of sp³-hybridized carbons (Fsp3) is 0.0625. The quantitative estimate of drug-likeness (QED) is 0.730. The summed E-state index contributed by atoms with van der Waals surface area (Å²) in [5.41, 5.74) is 0.597. The molecule has 0 fully saturated rings. The van der Waals surface area contributed by atoms with Crippen molar-refractivity contribution >= 4 is 17.9 Å². The maximum atomic E-state index is 12.0. The van der Waals surface area contributed by atoms with Gasteiger partial charge in [-0.05, 0) is 11.6 Å². The molecule has 2 N–H and O–H groups in total. The highest BCUT2D eigenvalue weighted by molar-refractivity contribution is 5.97. The Morgan fingerprint density at radius 3 is 2.52 bits per heavy atom. The number of anilines is 1. The maximum absolute atomic E-state index is 12.0. The van der Waals surface area contributed by atoms with Crippen LogP contribution >= 0.6 is 0 Å². The summed E-state index contributed by atoms with van der Waals surface area (Å²) in [4.78, 5) is 31.3. The van der Waals surface area contributed by atoms with Crippen molar-refractivity contribution in [1.82, 2.24) is 19.7 Å². The minimum Gasteiger partial charge on any atom is -0.477 e. The highest BCUT2D eigenvalue weighted by Crippen LogP contribution is 2.18. The van der Waals surface area contributed by atoms with Crippen molar-refractivity contribution in [3.8, 4) is 5.95 Å². The van der Waals surface area contributed by atoms with Crippen molar-refractivity contribution in [2.75, 3.05) is 5.32 Å². The zero-order valence-electron chi connectivity index (χ0n) is 12.9. The lowest BCUT2D eigenvalue weighted by molar-refractivity contribution is 0.0698. The number of hydrogen-bond donors (Lipinski definition) is 2. The Morgan fingerprint density at radius 1 is 1.12 bits per heavy atom. The number of ether oxygens (including phenoxy) is 1. The van der Waals surface area contributed by atoms with Gasteiger partial charge in [0, 0.05) is 12.4 Å².